The monoisotopic (exact) mass is 246 g/mol. The van der Waals surface area contributed by atoms with Crippen molar-refractivity contribution < 1.29 is 9.53 Å². The molecule has 0 N–H and O–H groups in total. The highest BCUT2D eigenvalue weighted by atomic mass is 35.5. The molecule has 15 heavy (non-hydrogen) atoms. The van der Waals surface area contributed by atoms with Gasteiger partial charge in [-0.15, -0.1) is 0 Å². The number of esters is 1. The number of aryl methyl sites for hydroxylation is 1. The first-order valence-corrected chi connectivity index (χ1v) is 5.40. The molecular weight excluding hydrogens is 235 g/mol. The SMILES string of the molecule is CCOC(=O)Cc1cc(C)c(Cl)c(Cl)c1. The molecule has 1 aromatic rings. The molecule has 0 bridgehead atoms. The summed E-state index contributed by atoms with van der Waals surface area (Å²) in [5.41, 5.74) is 1.68. The highest BCUT2D eigenvalue weighted by Gasteiger charge is 2.08. The first-order valence-electron chi connectivity index (χ1n) is 4.64. The van der Waals surface area contributed by atoms with Crippen LogP contribution in [0.5, 0.6) is 0 Å². The Bertz CT molecular complexity index is 352. The lowest BCUT2D eigenvalue weighted by atomic mass is 10.1. The van der Waals surface area contributed by atoms with Crippen LogP contribution in [0.3, 0.4) is 0 Å². The van der Waals surface area contributed by atoms with Crippen LogP contribution in [0.15, 0.2) is 12.1 Å². The van der Waals surface area contributed by atoms with Crippen molar-refractivity contribution in [3.05, 3.63) is 33.3 Å². The zero-order valence-electron chi connectivity index (χ0n) is 8.64. The van der Waals surface area contributed by atoms with Crippen LogP contribution in [0, 0.1) is 6.92 Å². The third-order valence-corrected chi connectivity index (χ3v) is 2.82. The molecule has 0 heterocycles. The van der Waals surface area contributed by atoms with Crippen LogP contribution in [0.4, 0.5) is 0 Å². The molecule has 0 spiro atoms. The lowest BCUT2D eigenvalue weighted by Crippen LogP contribution is -2.07. The van der Waals surface area contributed by atoms with Gasteiger partial charge in [-0.2, -0.15) is 0 Å². The molecule has 0 atom stereocenters. The zero-order chi connectivity index (χ0) is 11.4. The largest absolute Gasteiger partial charge is 0.466 e. The van der Waals surface area contributed by atoms with Gasteiger partial charge in [0.05, 0.1) is 23.1 Å². The summed E-state index contributed by atoms with van der Waals surface area (Å²) in [5, 5.41) is 1.00. The fourth-order valence-electron chi connectivity index (χ4n) is 1.28. The average Bonchev–Trinajstić information content (AvgIpc) is 2.14. The normalized spacial score (nSPS) is 10.1. The Labute approximate surface area is 99.1 Å². The smallest absolute Gasteiger partial charge is 0.310 e. The quantitative estimate of drug-likeness (QED) is 0.765. The second-order valence-corrected chi connectivity index (χ2v) is 3.98. The summed E-state index contributed by atoms with van der Waals surface area (Å²) < 4.78 is 4.84. The van der Waals surface area contributed by atoms with Crippen LogP contribution in [0.1, 0.15) is 18.1 Å². The van der Waals surface area contributed by atoms with Crippen molar-refractivity contribution in [3.8, 4) is 0 Å². The minimum absolute atomic E-state index is 0.228. The number of carbonyl (C=O) groups excluding carboxylic acids is 1. The number of benzene rings is 1. The van der Waals surface area contributed by atoms with Crippen LogP contribution in [0.25, 0.3) is 0 Å². The molecule has 0 saturated heterocycles. The average molecular weight is 247 g/mol. The number of halogens is 2. The van der Waals surface area contributed by atoms with Gasteiger partial charge in [-0.1, -0.05) is 29.3 Å². The van der Waals surface area contributed by atoms with Gasteiger partial charge in [0.25, 0.3) is 0 Å². The second kappa shape index (κ2) is 5.38. The van der Waals surface area contributed by atoms with E-state index in [1.54, 1.807) is 13.0 Å². The van der Waals surface area contributed by atoms with E-state index in [1.807, 2.05) is 13.0 Å². The summed E-state index contributed by atoms with van der Waals surface area (Å²) in [5.74, 6) is -0.254. The molecule has 0 aliphatic heterocycles. The Morgan fingerprint density at radius 2 is 2.07 bits per heavy atom. The van der Waals surface area contributed by atoms with E-state index in [2.05, 4.69) is 0 Å². The van der Waals surface area contributed by atoms with Crippen LogP contribution < -0.4 is 0 Å². The first-order chi connectivity index (χ1) is 7.04. The highest BCUT2D eigenvalue weighted by Crippen LogP contribution is 2.27. The Morgan fingerprint density at radius 1 is 1.40 bits per heavy atom. The number of ether oxygens (including phenoxy) is 1. The third kappa shape index (κ3) is 3.40. The number of rotatable bonds is 3. The number of hydrogen-bond acceptors (Lipinski definition) is 2. The molecular formula is C11H12Cl2O2. The van der Waals surface area contributed by atoms with Crippen LogP contribution in [0.2, 0.25) is 10.0 Å². The van der Waals surface area contributed by atoms with E-state index in [0.717, 1.165) is 11.1 Å². The highest BCUT2D eigenvalue weighted by molar-refractivity contribution is 6.42. The summed E-state index contributed by atoms with van der Waals surface area (Å²) in [6.45, 7) is 4.01. The summed E-state index contributed by atoms with van der Waals surface area (Å²) in [4.78, 5) is 11.2. The summed E-state index contributed by atoms with van der Waals surface area (Å²) in [7, 11) is 0. The molecule has 0 unspecified atom stereocenters. The van der Waals surface area contributed by atoms with E-state index in [-0.39, 0.29) is 12.4 Å². The molecule has 0 fully saturated rings. The minimum atomic E-state index is -0.254. The predicted octanol–water partition coefficient (Wildman–Crippen LogP) is 3.41. The number of hydrogen-bond donors (Lipinski definition) is 0. The summed E-state index contributed by atoms with van der Waals surface area (Å²) in [6, 6.07) is 3.53. The van der Waals surface area contributed by atoms with Crippen LogP contribution in [-0.2, 0) is 16.0 Å². The van der Waals surface area contributed by atoms with Crippen molar-refractivity contribution in [2.75, 3.05) is 6.61 Å². The standard InChI is InChI=1S/C11H12Cl2O2/c1-3-15-10(14)6-8-4-7(2)11(13)9(12)5-8/h4-5H,3,6H2,1-2H3. The Kier molecular flexibility index (Phi) is 4.43. The second-order valence-electron chi connectivity index (χ2n) is 3.19. The van der Waals surface area contributed by atoms with E-state index in [4.69, 9.17) is 27.9 Å². The van der Waals surface area contributed by atoms with Gasteiger partial charge in [0.15, 0.2) is 0 Å². The molecule has 0 aromatic heterocycles. The maximum absolute atomic E-state index is 11.2. The molecule has 2 nitrogen and oxygen atoms in total. The van der Waals surface area contributed by atoms with E-state index in [1.165, 1.54) is 0 Å². The Morgan fingerprint density at radius 3 is 2.60 bits per heavy atom. The molecule has 0 amide bonds. The summed E-state index contributed by atoms with van der Waals surface area (Å²) in [6.07, 6.45) is 0.228. The molecule has 0 aliphatic carbocycles. The van der Waals surface area contributed by atoms with E-state index in [0.29, 0.717) is 16.7 Å². The van der Waals surface area contributed by atoms with Gasteiger partial charge in [-0.05, 0) is 31.0 Å². The van der Waals surface area contributed by atoms with Gasteiger partial charge in [0.1, 0.15) is 0 Å². The molecule has 1 aromatic carbocycles. The zero-order valence-corrected chi connectivity index (χ0v) is 10.2. The van der Waals surface area contributed by atoms with Gasteiger partial charge in [0.2, 0.25) is 0 Å². The Balaban J connectivity index is 2.83. The predicted molar refractivity (Wildman–Crippen MR) is 61.5 cm³/mol. The van der Waals surface area contributed by atoms with Gasteiger partial charge in [-0.25, -0.2) is 0 Å². The lowest BCUT2D eigenvalue weighted by molar-refractivity contribution is -0.142. The Hall–Kier alpha value is -0.730. The molecule has 0 saturated carbocycles. The van der Waals surface area contributed by atoms with Crippen molar-refractivity contribution in [1.82, 2.24) is 0 Å². The lowest BCUT2D eigenvalue weighted by Gasteiger charge is -2.06. The van der Waals surface area contributed by atoms with Gasteiger partial charge in [-0.3, -0.25) is 4.79 Å². The number of carbonyl (C=O) groups is 1. The molecule has 0 aliphatic rings. The molecule has 0 radical (unpaired) electrons. The van der Waals surface area contributed by atoms with E-state index < -0.39 is 0 Å². The van der Waals surface area contributed by atoms with Gasteiger partial charge < -0.3 is 4.74 Å². The van der Waals surface area contributed by atoms with Crippen molar-refractivity contribution in [1.29, 1.82) is 0 Å². The molecule has 82 valence electrons. The first kappa shape index (κ1) is 12.3. The van der Waals surface area contributed by atoms with E-state index in [9.17, 15) is 4.79 Å². The van der Waals surface area contributed by atoms with Crippen molar-refractivity contribution in [2.45, 2.75) is 20.3 Å². The third-order valence-electron chi connectivity index (χ3n) is 1.92. The summed E-state index contributed by atoms with van der Waals surface area (Å²) >= 11 is 11.8. The molecule has 1 rings (SSSR count). The fourth-order valence-corrected chi connectivity index (χ4v) is 1.68. The van der Waals surface area contributed by atoms with Crippen molar-refractivity contribution in [2.24, 2.45) is 0 Å². The fraction of sp³-hybridized carbons (Fsp3) is 0.364. The van der Waals surface area contributed by atoms with Crippen LogP contribution in [-0.4, -0.2) is 12.6 Å². The maximum Gasteiger partial charge on any atom is 0.310 e. The van der Waals surface area contributed by atoms with Crippen molar-refractivity contribution >= 4 is 29.2 Å². The van der Waals surface area contributed by atoms with E-state index >= 15 is 0 Å². The van der Waals surface area contributed by atoms with Gasteiger partial charge in [0, 0.05) is 0 Å². The topological polar surface area (TPSA) is 26.3 Å². The minimum Gasteiger partial charge on any atom is -0.466 e. The van der Waals surface area contributed by atoms with Crippen molar-refractivity contribution in [3.63, 3.8) is 0 Å². The van der Waals surface area contributed by atoms with Crippen LogP contribution >= 0.6 is 23.2 Å². The molecule has 4 heteroatoms. The maximum atomic E-state index is 11.2. The van der Waals surface area contributed by atoms with Gasteiger partial charge >= 0.3 is 5.97 Å².